The largest absolute Gasteiger partial charge is 0.491 e. The molecule has 1 rings (SSSR count). The van der Waals surface area contributed by atoms with E-state index in [2.05, 4.69) is 4.74 Å². The lowest BCUT2D eigenvalue weighted by atomic mass is 10.2. The number of carbonyl (C=O) groups is 2. The minimum Gasteiger partial charge on any atom is -0.444 e. The van der Waals surface area contributed by atoms with Crippen molar-refractivity contribution in [3.8, 4) is 0 Å². The third kappa shape index (κ3) is 4.75. The first-order valence-electron chi connectivity index (χ1n) is 5.93. The summed E-state index contributed by atoms with van der Waals surface area (Å²) in [5, 5.41) is 0. The monoisotopic (exact) mass is 295 g/mol. The zero-order valence-corrected chi connectivity index (χ0v) is 11.4. The zero-order chi connectivity index (χ0) is 15.6. The molecule has 0 aromatic carbocycles. The number of nitrogens with zero attached hydrogens (tertiary/aromatic N) is 1. The van der Waals surface area contributed by atoms with Crippen LogP contribution in [0.15, 0.2) is 12.2 Å². The van der Waals surface area contributed by atoms with Crippen LogP contribution in [0.25, 0.3) is 0 Å². The van der Waals surface area contributed by atoms with E-state index >= 15 is 0 Å². The predicted molar refractivity (Wildman–Crippen MR) is 62.6 cm³/mol. The Hall–Kier alpha value is -1.73. The van der Waals surface area contributed by atoms with Gasteiger partial charge >= 0.3 is 18.2 Å². The van der Waals surface area contributed by atoms with E-state index in [9.17, 15) is 22.8 Å². The smallest absolute Gasteiger partial charge is 0.444 e. The summed E-state index contributed by atoms with van der Waals surface area (Å²) in [4.78, 5) is 23.6. The van der Waals surface area contributed by atoms with E-state index in [0.29, 0.717) is 0 Å². The molecule has 1 atom stereocenters. The fourth-order valence-corrected chi connectivity index (χ4v) is 1.46. The highest BCUT2D eigenvalue weighted by atomic mass is 19.4. The molecule has 0 aromatic rings. The van der Waals surface area contributed by atoms with Crippen LogP contribution in [0.2, 0.25) is 0 Å². The van der Waals surface area contributed by atoms with Gasteiger partial charge in [-0.1, -0.05) is 12.2 Å². The van der Waals surface area contributed by atoms with Gasteiger partial charge in [0.15, 0.2) is 6.23 Å². The molecule has 5 nitrogen and oxygen atoms in total. The molecule has 0 aromatic heterocycles. The Morgan fingerprint density at radius 1 is 1.20 bits per heavy atom. The number of amides is 1. The summed E-state index contributed by atoms with van der Waals surface area (Å²) in [6.07, 6.45) is -4.13. The molecule has 1 unspecified atom stereocenters. The van der Waals surface area contributed by atoms with Crippen LogP contribution in [0.1, 0.15) is 27.2 Å². The third-order valence-electron chi connectivity index (χ3n) is 2.26. The summed E-state index contributed by atoms with van der Waals surface area (Å²) in [6.45, 7) is 4.90. The Labute approximate surface area is 114 Å². The number of rotatable bonds is 1. The Morgan fingerprint density at radius 3 is 2.30 bits per heavy atom. The second-order valence-electron chi connectivity index (χ2n) is 5.20. The number of ether oxygens (including phenoxy) is 2. The number of hydrogen-bond acceptors (Lipinski definition) is 4. The number of alkyl halides is 3. The van der Waals surface area contributed by atoms with Crippen molar-refractivity contribution in [2.75, 3.05) is 6.54 Å². The molecule has 1 aliphatic rings. The highest BCUT2D eigenvalue weighted by Crippen LogP contribution is 2.22. The molecule has 0 aliphatic carbocycles. The maximum absolute atomic E-state index is 12.2. The summed E-state index contributed by atoms with van der Waals surface area (Å²) in [5.74, 6) is -2.33. The van der Waals surface area contributed by atoms with Crippen molar-refractivity contribution < 1.29 is 32.2 Å². The van der Waals surface area contributed by atoms with Crippen molar-refractivity contribution in [1.29, 1.82) is 0 Å². The van der Waals surface area contributed by atoms with Gasteiger partial charge < -0.3 is 9.47 Å². The Kier molecular flexibility index (Phi) is 4.67. The SMILES string of the molecule is CC(C)(C)OC(=O)N1CC=CCC1OC(=O)C(F)(F)F. The second-order valence-corrected chi connectivity index (χ2v) is 5.20. The van der Waals surface area contributed by atoms with Gasteiger partial charge in [0.25, 0.3) is 0 Å². The summed E-state index contributed by atoms with van der Waals surface area (Å²) in [5.41, 5.74) is -0.795. The zero-order valence-electron chi connectivity index (χ0n) is 11.4. The topological polar surface area (TPSA) is 55.8 Å². The maximum Gasteiger partial charge on any atom is 0.491 e. The first-order chi connectivity index (χ1) is 9.00. The van der Waals surface area contributed by atoms with E-state index < -0.39 is 30.1 Å². The van der Waals surface area contributed by atoms with Crippen molar-refractivity contribution >= 4 is 12.1 Å². The Bertz CT molecular complexity index is 412. The minimum atomic E-state index is -5.10. The molecule has 0 saturated carbocycles. The molecule has 0 bridgehead atoms. The molecular formula is C12H16F3NO4. The lowest BCUT2D eigenvalue weighted by Gasteiger charge is -2.33. The van der Waals surface area contributed by atoms with Gasteiger partial charge in [-0.2, -0.15) is 13.2 Å². The second kappa shape index (κ2) is 5.72. The Morgan fingerprint density at radius 2 is 1.80 bits per heavy atom. The standard InChI is InChI=1S/C12H16F3NO4/c1-11(2,3)20-10(18)16-7-5-4-6-8(16)19-9(17)12(13,14)15/h4-5,8H,6-7H2,1-3H3. The number of esters is 1. The van der Waals surface area contributed by atoms with Crippen molar-refractivity contribution in [1.82, 2.24) is 4.90 Å². The predicted octanol–water partition coefficient (Wildman–Crippen LogP) is 2.62. The van der Waals surface area contributed by atoms with Gasteiger partial charge in [0.2, 0.25) is 0 Å². The summed E-state index contributed by atoms with van der Waals surface area (Å²) < 4.78 is 45.9. The van der Waals surface area contributed by atoms with E-state index in [-0.39, 0.29) is 13.0 Å². The van der Waals surface area contributed by atoms with Gasteiger partial charge in [0.1, 0.15) is 5.60 Å². The van der Waals surface area contributed by atoms with Gasteiger partial charge in [-0.25, -0.2) is 9.59 Å². The lowest BCUT2D eigenvalue weighted by molar-refractivity contribution is -0.211. The maximum atomic E-state index is 12.2. The van der Waals surface area contributed by atoms with Crippen molar-refractivity contribution in [2.45, 2.75) is 45.2 Å². The molecule has 1 aliphatic heterocycles. The van der Waals surface area contributed by atoms with Gasteiger partial charge in [-0.05, 0) is 20.8 Å². The lowest BCUT2D eigenvalue weighted by Crippen LogP contribution is -2.48. The molecule has 114 valence electrons. The molecule has 8 heteroatoms. The third-order valence-corrected chi connectivity index (χ3v) is 2.26. The van der Waals surface area contributed by atoms with Crippen LogP contribution in [-0.2, 0) is 14.3 Å². The van der Waals surface area contributed by atoms with Crippen LogP contribution >= 0.6 is 0 Å². The summed E-state index contributed by atoms with van der Waals surface area (Å²) in [6, 6.07) is 0. The van der Waals surface area contributed by atoms with Crippen molar-refractivity contribution in [3.05, 3.63) is 12.2 Å². The molecule has 20 heavy (non-hydrogen) atoms. The van der Waals surface area contributed by atoms with Crippen LogP contribution in [-0.4, -0.2) is 41.5 Å². The van der Waals surface area contributed by atoms with Gasteiger partial charge in [0, 0.05) is 13.0 Å². The minimum absolute atomic E-state index is 0.0128. The van der Waals surface area contributed by atoms with Crippen LogP contribution in [0, 0.1) is 0 Å². The van der Waals surface area contributed by atoms with Crippen LogP contribution in [0.3, 0.4) is 0 Å². The van der Waals surface area contributed by atoms with Crippen LogP contribution in [0.4, 0.5) is 18.0 Å². The fraction of sp³-hybridized carbons (Fsp3) is 0.667. The molecular weight excluding hydrogens is 279 g/mol. The van der Waals surface area contributed by atoms with Gasteiger partial charge in [0.05, 0.1) is 0 Å². The normalized spacial score (nSPS) is 19.7. The first kappa shape index (κ1) is 16.3. The van der Waals surface area contributed by atoms with Crippen molar-refractivity contribution in [2.24, 2.45) is 0 Å². The van der Waals surface area contributed by atoms with Crippen LogP contribution in [0.5, 0.6) is 0 Å². The fourth-order valence-electron chi connectivity index (χ4n) is 1.46. The van der Waals surface area contributed by atoms with E-state index in [1.807, 2.05) is 0 Å². The first-order valence-corrected chi connectivity index (χ1v) is 5.93. The molecule has 1 amide bonds. The van der Waals surface area contributed by atoms with Crippen molar-refractivity contribution in [3.63, 3.8) is 0 Å². The number of hydrogen-bond donors (Lipinski definition) is 0. The molecule has 0 fully saturated rings. The molecule has 0 spiro atoms. The quantitative estimate of drug-likeness (QED) is 0.551. The summed E-state index contributed by atoms with van der Waals surface area (Å²) in [7, 11) is 0. The molecule has 0 N–H and O–H groups in total. The van der Waals surface area contributed by atoms with E-state index in [1.165, 1.54) is 6.08 Å². The van der Waals surface area contributed by atoms with E-state index in [0.717, 1.165) is 4.90 Å². The highest BCUT2D eigenvalue weighted by molar-refractivity contribution is 5.76. The van der Waals surface area contributed by atoms with Gasteiger partial charge in [-0.3, -0.25) is 4.90 Å². The van der Waals surface area contributed by atoms with E-state index in [4.69, 9.17) is 4.74 Å². The number of halogens is 3. The Balaban J connectivity index is 2.76. The highest BCUT2D eigenvalue weighted by Gasteiger charge is 2.44. The number of carbonyl (C=O) groups excluding carboxylic acids is 2. The molecule has 0 radical (unpaired) electrons. The van der Waals surface area contributed by atoms with E-state index in [1.54, 1.807) is 26.8 Å². The molecule has 0 saturated heterocycles. The molecule has 1 heterocycles. The summed E-state index contributed by atoms with van der Waals surface area (Å²) >= 11 is 0. The average molecular weight is 295 g/mol. The van der Waals surface area contributed by atoms with Gasteiger partial charge in [-0.15, -0.1) is 0 Å². The van der Waals surface area contributed by atoms with Crippen LogP contribution < -0.4 is 0 Å². The average Bonchev–Trinajstić information content (AvgIpc) is 2.25.